The largest absolute Gasteiger partial charge is 0.465 e. The van der Waals surface area contributed by atoms with Gasteiger partial charge in [-0.3, -0.25) is 19.2 Å². The summed E-state index contributed by atoms with van der Waals surface area (Å²) in [5, 5.41) is 0. The van der Waals surface area contributed by atoms with E-state index in [2.05, 4.69) is 13.8 Å². The predicted molar refractivity (Wildman–Crippen MR) is 193 cm³/mol. The van der Waals surface area contributed by atoms with Crippen LogP contribution >= 0.6 is 0 Å². The molecule has 4 aliphatic rings. The van der Waals surface area contributed by atoms with E-state index in [1.807, 2.05) is 0 Å². The minimum atomic E-state index is -0.594. The second kappa shape index (κ2) is 23.5. The van der Waals surface area contributed by atoms with E-state index in [4.69, 9.17) is 28.4 Å². The fourth-order valence-electron chi connectivity index (χ4n) is 7.89. The molecule has 2 saturated carbocycles. The Bertz CT molecular complexity index is 967. The van der Waals surface area contributed by atoms with Gasteiger partial charge in [-0.15, -0.1) is 0 Å². The van der Waals surface area contributed by atoms with E-state index in [0.29, 0.717) is 45.3 Å². The molecule has 0 aromatic heterocycles. The fourth-order valence-corrected chi connectivity index (χ4v) is 7.89. The highest BCUT2D eigenvalue weighted by molar-refractivity contribution is 5.83. The minimum Gasteiger partial charge on any atom is -0.465 e. The van der Waals surface area contributed by atoms with E-state index in [1.54, 1.807) is 0 Å². The highest BCUT2D eigenvalue weighted by Crippen LogP contribution is 2.45. The summed E-state index contributed by atoms with van der Waals surface area (Å²) in [4.78, 5) is 52.1. The van der Waals surface area contributed by atoms with Crippen molar-refractivity contribution in [1.29, 1.82) is 0 Å². The van der Waals surface area contributed by atoms with Gasteiger partial charge in [0.05, 0.1) is 74.5 Å². The van der Waals surface area contributed by atoms with Crippen LogP contribution in [-0.2, 0) is 47.6 Å². The van der Waals surface area contributed by atoms with Gasteiger partial charge in [0.2, 0.25) is 0 Å². The van der Waals surface area contributed by atoms with Crippen molar-refractivity contribution in [2.75, 3.05) is 26.4 Å². The third kappa shape index (κ3) is 15.0. The second-order valence-corrected chi connectivity index (χ2v) is 15.5. The zero-order valence-electron chi connectivity index (χ0n) is 31.8. The van der Waals surface area contributed by atoms with Crippen molar-refractivity contribution in [2.24, 2.45) is 23.7 Å². The first-order chi connectivity index (χ1) is 24.9. The molecule has 8 atom stereocenters. The van der Waals surface area contributed by atoms with Gasteiger partial charge >= 0.3 is 23.9 Å². The summed E-state index contributed by atoms with van der Waals surface area (Å²) < 4.78 is 33.6. The first-order valence-corrected chi connectivity index (χ1v) is 20.9. The summed E-state index contributed by atoms with van der Waals surface area (Å²) >= 11 is 0. The van der Waals surface area contributed by atoms with Gasteiger partial charge in [0.15, 0.2) is 0 Å². The third-order valence-electron chi connectivity index (χ3n) is 11.3. The molecule has 0 radical (unpaired) electrons. The Balaban J connectivity index is 1.08. The van der Waals surface area contributed by atoms with Crippen LogP contribution in [0.3, 0.4) is 0 Å². The highest BCUT2D eigenvalue weighted by atomic mass is 16.6. The third-order valence-corrected chi connectivity index (χ3v) is 11.3. The van der Waals surface area contributed by atoms with E-state index >= 15 is 0 Å². The Labute approximate surface area is 307 Å². The highest BCUT2D eigenvalue weighted by Gasteiger charge is 2.54. The van der Waals surface area contributed by atoms with Crippen molar-refractivity contribution < 1.29 is 47.6 Å². The summed E-state index contributed by atoms with van der Waals surface area (Å²) in [6, 6.07) is 0. The molecule has 4 rings (SSSR count). The molecule has 10 heteroatoms. The number of fused-ring (bicyclic) bond motifs is 2. The monoisotopic (exact) mass is 720 g/mol. The molecule has 0 N–H and O–H groups in total. The van der Waals surface area contributed by atoms with Crippen LogP contribution in [0, 0.1) is 23.7 Å². The van der Waals surface area contributed by atoms with Gasteiger partial charge < -0.3 is 28.4 Å². The number of ether oxygens (including phenoxy) is 6. The topological polar surface area (TPSA) is 130 Å². The van der Waals surface area contributed by atoms with Crippen LogP contribution in [0.15, 0.2) is 0 Å². The van der Waals surface area contributed by atoms with Gasteiger partial charge in [0.25, 0.3) is 0 Å². The lowest BCUT2D eigenvalue weighted by Gasteiger charge is -2.26. The Kier molecular flexibility index (Phi) is 19.1. The molecule has 2 aliphatic heterocycles. The standard InChI is InChI=1S/C41H68O10/c1-3-5-7-9-11-13-15-17-19-22-46-38(42)30-26-34-36(50-34)28-32(30)40(44)48-24-21-25-49-41(45)33-29-37-35(51-37)27-31(33)39(43)47-23-20-18-16-14-12-10-8-6-4-2/h30-37H,3-29H2,1-2H3. The van der Waals surface area contributed by atoms with Crippen molar-refractivity contribution in [1.82, 2.24) is 0 Å². The summed E-state index contributed by atoms with van der Waals surface area (Å²) in [5.41, 5.74) is 0. The normalized spacial score (nSPS) is 27.5. The van der Waals surface area contributed by atoms with Crippen LogP contribution in [0.1, 0.15) is 162 Å². The van der Waals surface area contributed by atoms with E-state index < -0.39 is 35.6 Å². The Morgan fingerprint density at radius 1 is 0.373 bits per heavy atom. The summed E-state index contributed by atoms with van der Waals surface area (Å²) in [7, 11) is 0. The van der Waals surface area contributed by atoms with E-state index in [0.717, 1.165) is 38.5 Å². The fraction of sp³-hybridized carbons (Fsp3) is 0.902. The molecule has 0 spiro atoms. The van der Waals surface area contributed by atoms with Gasteiger partial charge in [-0.25, -0.2) is 0 Å². The Morgan fingerprint density at radius 2 is 0.608 bits per heavy atom. The molecule has 2 aliphatic carbocycles. The van der Waals surface area contributed by atoms with Crippen LogP contribution in [0.25, 0.3) is 0 Å². The molecule has 292 valence electrons. The molecule has 10 nitrogen and oxygen atoms in total. The van der Waals surface area contributed by atoms with Crippen LogP contribution in [0.2, 0.25) is 0 Å². The number of unbranched alkanes of at least 4 members (excludes halogenated alkanes) is 16. The lowest BCUT2D eigenvalue weighted by atomic mass is 9.79. The number of hydrogen-bond acceptors (Lipinski definition) is 10. The SMILES string of the molecule is CCCCCCCCCCCOC(=O)C1CC2OC2CC1C(=O)OCCCOC(=O)C1CC2OC2CC1C(=O)OCCCCCCCCCCC. The smallest absolute Gasteiger partial charge is 0.309 e. The molecule has 8 unspecified atom stereocenters. The first-order valence-electron chi connectivity index (χ1n) is 20.9. The van der Waals surface area contributed by atoms with E-state index in [9.17, 15) is 19.2 Å². The van der Waals surface area contributed by atoms with Crippen molar-refractivity contribution in [3.8, 4) is 0 Å². The van der Waals surface area contributed by atoms with Crippen LogP contribution in [-0.4, -0.2) is 74.7 Å². The number of epoxide rings is 2. The van der Waals surface area contributed by atoms with Gasteiger partial charge in [-0.1, -0.05) is 117 Å². The van der Waals surface area contributed by atoms with E-state index in [1.165, 1.54) is 77.0 Å². The summed E-state index contributed by atoms with van der Waals surface area (Å²) in [6.45, 7) is 5.34. The molecule has 51 heavy (non-hydrogen) atoms. The van der Waals surface area contributed by atoms with Crippen LogP contribution in [0.4, 0.5) is 0 Å². The molecule has 4 fully saturated rings. The maximum atomic E-state index is 13.1. The van der Waals surface area contributed by atoms with Crippen molar-refractivity contribution >= 4 is 23.9 Å². The maximum Gasteiger partial charge on any atom is 0.309 e. The molecule has 2 heterocycles. The van der Waals surface area contributed by atoms with Crippen LogP contribution in [0.5, 0.6) is 0 Å². The number of hydrogen-bond donors (Lipinski definition) is 0. The second-order valence-electron chi connectivity index (χ2n) is 15.5. The minimum absolute atomic E-state index is 0.000149. The number of esters is 4. The van der Waals surface area contributed by atoms with Crippen LogP contribution < -0.4 is 0 Å². The van der Waals surface area contributed by atoms with Crippen molar-refractivity contribution in [3.63, 3.8) is 0 Å². The molecular formula is C41H68O10. The Hall–Kier alpha value is -2.20. The van der Waals surface area contributed by atoms with Gasteiger partial charge in [0, 0.05) is 6.42 Å². The number of rotatable bonds is 28. The van der Waals surface area contributed by atoms with Gasteiger partial charge in [0.1, 0.15) is 0 Å². The van der Waals surface area contributed by atoms with Gasteiger partial charge in [-0.05, 0) is 38.5 Å². The zero-order valence-corrected chi connectivity index (χ0v) is 31.8. The first kappa shape index (κ1) is 41.6. The summed E-state index contributed by atoms with van der Waals surface area (Å²) in [5.74, 6) is -3.85. The zero-order chi connectivity index (χ0) is 36.3. The Morgan fingerprint density at radius 3 is 0.882 bits per heavy atom. The summed E-state index contributed by atoms with van der Waals surface area (Å²) in [6.07, 6.45) is 23.6. The molecule has 2 saturated heterocycles. The van der Waals surface area contributed by atoms with Crippen molar-refractivity contribution in [2.45, 2.75) is 186 Å². The average molecular weight is 721 g/mol. The molecule has 0 aromatic carbocycles. The molecule has 0 aromatic rings. The lowest BCUT2D eigenvalue weighted by molar-refractivity contribution is -0.164. The quantitative estimate of drug-likeness (QED) is 0.0337. The van der Waals surface area contributed by atoms with Gasteiger partial charge in [-0.2, -0.15) is 0 Å². The molecular weight excluding hydrogens is 652 g/mol. The number of carbonyl (C=O) groups is 4. The average Bonchev–Trinajstić information content (AvgIpc) is 4.07. The molecule has 0 bridgehead atoms. The van der Waals surface area contributed by atoms with E-state index in [-0.39, 0.29) is 49.6 Å². The number of carbonyl (C=O) groups excluding carboxylic acids is 4. The predicted octanol–water partition coefficient (Wildman–Crippen LogP) is 8.20. The lowest BCUT2D eigenvalue weighted by Crippen LogP contribution is -2.38. The maximum absolute atomic E-state index is 13.1. The van der Waals surface area contributed by atoms with Crippen molar-refractivity contribution in [3.05, 3.63) is 0 Å². The molecule has 0 amide bonds.